The van der Waals surface area contributed by atoms with E-state index < -0.39 is 15.9 Å². The Labute approximate surface area is 184 Å². The third-order valence-electron chi connectivity index (χ3n) is 5.37. The molecule has 0 unspecified atom stereocenters. The van der Waals surface area contributed by atoms with Gasteiger partial charge in [-0.1, -0.05) is 26.8 Å². The molecule has 168 valence electrons. The summed E-state index contributed by atoms with van der Waals surface area (Å²) in [5.74, 6) is 0.671. The van der Waals surface area contributed by atoms with Gasteiger partial charge in [-0.3, -0.25) is 4.79 Å². The van der Waals surface area contributed by atoms with Gasteiger partial charge in [-0.05, 0) is 62.8 Å². The highest BCUT2D eigenvalue weighted by Gasteiger charge is 2.39. The smallest absolute Gasteiger partial charge is 0.281 e. The first-order valence-electron chi connectivity index (χ1n) is 10.5. The lowest BCUT2D eigenvalue weighted by Gasteiger charge is -2.34. The Morgan fingerprint density at radius 2 is 1.97 bits per heavy atom. The minimum atomic E-state index is -4.18. The van der Waals surface area contributed by atoms with E-state index in [1.165, 1.54) is 18.2 Å². The molecule has 1 aliphatic heterocycles. The van der Waals surface area contributed by atoms with E-state index in [2.05, 4.69) is 49.2 Å². The molecule has 31 heavy (non-hydrogen) atoms. The summed E-state index contributed by atoms with van der Waals surface area (Å²) < 4.78 is 27.5. The van der Waals surface area contributed by atoms with Crippen molar-refractivity contribution in [3.05, 3.63) is 41.6 Å². The van der Waals surface area contributed by atoms with E-state index in [4.69, 9.17) is 10.7 Å². The Morgan fingerprint density at radius 1 is 1.26 bits per heavy atom. The van der Waals surface area contributed by atoms with E-state index in [1.807, 2.05) is 0 Å². The first-order chi connectivity index (χ1) is 14.4. The molecule has 0 aliphatic carbocycles. The van der Waals surface area contributed by atoms with Crippen molar-refractivity contribution in [2.45, 2.75) is 58.0 Å². The number of nitrogens with one attached hydrogen (secondary N) is 1. The van der Waals surface area contributed by atoms with Gasteiger partial charge in [0.1, 0.15) is 11.6 Å². The van der Waals surface area contributed by atoms with E-state index in [0.29, 0.717) is 17.7 Å². The summed E-state index contributed by atoms with van der Waals surface area (Å²) in [6, 6.07) is 7.70. The second kappa shape index (κ2) is 8.45. The molecule has 3 N–H and O–H groups in total. The van der Waals surface area contributed by atoms with Gasteiger partial charge >= 0.3 is 0 Å². The van der Waals surface area contributed by atoms with Crippen LogP contribution in [0.1, 0.15) is 57.1 Å². The fourth-order valence-corrected chi connectivity index (χ4v) is 5.11. The molecule has 3 heterocycles. The number of sulfonamides is 1. The number of pyridine rings is 2. The highest BCUT2D eigenvalue weighted by Crippen LogP contribution is 2.37. The van der Waals surface area contributed by atoms with Crippen LogP contribution in [0.4, 0.5) is 11.6 Å². The molecule has 0 aromatic carbocycles. The van der Waals surface area contributed by atoms with Crippen molar-refractivity contribution in [2.75, 3.05) is 17.2 Å². The van der Waals surface area contributed by atoms with Crippen LogP contribution < -0.4 is 15.4 Å². The Hall–Kier alpha value is -2.68. The normalized spacial score (nSPS) is 18.4. The van der Waals surface area contributed by atoms with E-state index in [-0.39, 0.29) is 21.9 Å². The van der Waals surface area contributed by atoms with Crippen LogP contribution >= 0.6 is 0 Å². The minimum absolute atomic E-state index is 0.0588. The van der Waals surface area contributed by atoms with Crippen LogP contribution in [-0.2, 0) is 16.4 Å². The monoisotopic (exact) mass is 445 g/mol. The van der Waals surface area contributed by atoms with Gasteiger partial charge in [-0.15, -0.1) is 0 Å². The lowest BCUT2D eigenvalue weighted by atomic mass is 9.97. The van der Waals surface area contributed by atoms with Crippen LogP contribution in [0.15, 0.2) is 35.4 Å². The first kappa shape index (κ1) is 23.0. The van der Waals surface area contributed by atoms with Gasteiger partial charge in [0.2, 0.25) is 0 Å². The quantitative estimate of drug-likeness (QED) is 0.701. The van der Waals surface area contributed by atoms with Crippen molar-refractivity contribution < 1.29 is 13.2 Å². The second-order valence-electron chi connectivity index (χ2n) is 9.34. The molecule has 8 nitrogen and oxygen atoms in total. The molecular weight excluding hydrogens is 414 g/mol. The molecule has 1 amide bonds. The molecule has 0 saturated carbocycles. The third kappa shape index (κ3) is 5.15. The topological polar surface area (TPSA) is 118 Å². The molecule has 2 aromatic rings. The number of carbonyl (C=O) groups is 1. The van der Waals surface area contributed by atoms with Crippen LogP contribution in [0.5, 0.6) is 0 Å². The highest BCUT2D eigenvalue weighted by atomic mass is 32.2. The van der Waals surface area contributed by atoms with E-state index in [9.17, 15) is 13.2 Å². The predicted octanol–water partition coefficient (Wildman–Crippen LogP) is 3.00. The lowest BCUT2D eigenvalue weighted by Crippen LogP contribution is -2.41. The lowest BCUT2D eigenvalue weighted by molar-refractivity contribution is 0.0981. The Bertz CT molecular complexity index is 1080. The van der Waals surface area contributed by atoms with Crippen LogP contribution in [0.25, 0.3) is 0 Å². The van der Waals surface area contributed by atoms with Gasteiger partial charge in [0, 0.05) is 17.8 Å². The fraction of sp³-hybridized carbons (Fsp3) is 0.500. The van der Waals surface area contributed by atoms with Crippen molar-refractivity contribution in [2.24, 2.45) is 11.8 Å². The number of nitrogens with two attached hydrogens (primary N) is 1. The molecule has 1 aliphatic rings. The molecule has 0 radical (unpaired) electrons. The van der Waals surface area contributed by atoms with Crippen molar-refractivity contribution in [3.8, 4) is 0 Å². The number of hydrogen-bond donors (Lipinski definition) is 2. The molecule has 2 aromatic heterocycles. The highest BCUT2D eigenvalue weighted by molar-refractivity contribution is 7.90. The summed E-state index contributed by atoms with van der Waals surface area (Å²) in [4.78, 5) is 23.8. The zero-order valence-corrected chi connectivity index (χ0v) is 19.5. The average molecular weight is 446 g/mol. The second-order valence-corrected chi connectivity index (χ2v) is 11.0. The van der Waals surface area contributed by atoms with Crippen molar-refractivity contribution in [1.82, 2.24) is 14.7 Å². The summed E-state index contributed by atoms with van der Waals surface area (Å²) >= 11 is 0. The zero-order valence-electron chi connectivity index (χ0n) is 18.7. The molecule has 1 atom stereocenters. The standard InChI is InChI=1S/C22H31N5O3S/c1-14(2)11-16-9-10-17(20(24-16)27-13-15(3)12-22(27,4)5)21(28)26-31(29,30)19-8-6-7-18(23)25-19/h6-10,14-15H,11-13H2,1-5H3,(H2,23,25)(H,26,28)/t15-/m0/s1. The van der Waals surface area contributed by atoms with Gasteiger partial charge in [-0.2, -0.15) is 8.42 Å². The van der Waals surface area contributed by atoms with Crippen molar-refractivity contribution in [3.63, 3.8) is 0 Å². The minimum Gasteiger partial charge on any atom is -0.384 e. The summed E-state index contributed by atoms with van der Waals surface area (Å²) in [5.41, 5.74) is 6.49. The Kier molecular flexibility index (Phi) is 6.27. The average Bonchev–Trinajstić information content (AvgIpc) is 2.92. The number of anilines is 2. The molecule has 0 spiro atoms. The van der Waals surface area contributed by atoms with Crippen molar-refractivity contribution >= 4 is 27.6 Å². The third-order valence-corrected chi connectivity index (χ3v) is 6.60. The van der Waals surface area contributed by atoms with Crippen LogP contribution in [0.2, 0.25) is 0 Å². The van der Waals surface area contributed by atoms with Crippen LogP contribution in [0, 0.1) is 11.8 Å². The van der Waals surface area contributed by atoms with Gasteiger partial charge in [0.15, 0.2) is 5.03 Å². The summed E-state index contributed by atoms with van der Waals surface area (Å²) in [6.45, 7) is 11.3. The molecule has 3 rings (SSSR count). The predicted molar refractivity (Wildman–Crippen MR) is 121 cm³/mol. The largest absolute Gasteiger partial charge is 0.384 e. The number of aromatic nitrogens is 2. The molecule has 9 heteroatoms. The number of hydrogen-bond acceptors (Lipinski definition) is 7. The van der Waals surface area contributed by atoms with Gasteiger partial charge in [0.25, 0.3) is 15.9 Å². The van der Waals surface area contributed by atoms with Gasteiger partial charge < -0.3 is 10.6 Å². The fourth-order valence-electron chi connectivity index (χ4n) is 4.17. The number of amides is 1. The zero-order chi connectivity index (χ0) is 23.0. The Morgan fingerprint density at radius 3 is 2.55 bits per heavy atom. The van der Waals surface area contributed by atoms with Gasteiger partial charge in [0.05, 0.1) is 5.56 Å². The van der Waals surface area contributed by atoms with E-state index in [0.717, 1.165) is 25.1 Å². The molecule has 1 saturated heterocycles. The Balaban J connectivity index is 2.00. The first-order valence-corrected chi connectivity index (χ1v) is 11.9. The maximum absolute atomic E-state index is 13.1. The number of nitrogen functional groups attached to an aromatic ring is 1. The summed E-state index contributed by atoms with van der Waals surface area (Å²) in [7, 11) is -4.18. The summed E-state index contributed by atoms with van der Waals surface area (Å²) in [6.07, 6.45) is 1.72. The van der Waals surface area contributed by atoms with Crippen LogP contribution in [0.3, 0.4) is 0 Å². The SMILES string of the molecule is CC(C)Cc1ccc(C(=O)NS(=O)(=O)c2cccc(N)n2)c(N2C[C@@H](C)CC2(C)C)n1. The number of carbonyl (C=O) groups excluding carboxylic acids is 1. The molecule has 1 fully saturated rings. The maximum atomic E-state index is 13.1. The molecular formula is C22H31N5O3S. The van der Waals surface area contributed by atoms with E-state index >= 15 is 0 Å². The number of nitrogens with zero attached hydrogens (tertiary/aromatic N) is 3. The van der Waals surface area contributed by atoms with E-state index in [1.54, 1.807) is 12.1 Å². The van der Waals surface area contributed by atoms with Gasteiger partial charge in [-0.25, -0.2) is 14.7 Å². The molecule has 0 bridgehead atoms. The van der Waals surface area contributed by atoms with Crippen LogP contribution in [-0.4, -0.2) is 36.4 Å². The number of rotatable bonds is 6. The maximum Gasteiger partial charge on any atom is 0.281 e. The summed E-state index contributed by atoms with van der Waals surface area (Å²) in [5, 5.41) is -0.304. The van der Waals surface area contributed by atoms with Crippen molar-refractivity contribution in [1.29, 1.82) is 0 Å².